The zero-order valence-corrected chi connectivity index (χ0v) is 10.7. The van der Waals surface area contributed by atoms with E-state index in [9.17, 15) is 5.11 Å². The number of rotatable bonds is 6. The van der Waals surface area contributed by atoms with Crippen LogP contribution in [-0.2, 0) is 4.74 Å². The standard InChI is InChI=1S/C15H22O2/c1-11-3-7-14(8-4-11)15(16)12(2)17-10-9-13-5-6-13/h3-4,7-8,12-13,15-16H,5-6,9-10H2,1-2H3. The maximum Gasteiger partial charge on any atom is 0.105 e. The Morgan fingerprint density at radius 1 is 1.29 bits per heavy atom. The van der Waals surface area contributed by atoms with E-state index in [0.717, 1.165) is 24.5 Å². The molecule has 1 aliphatic rings. The molecule has 1 saturated carbocycles. The lowest BCUT2D eigenvalue weighted by atomic mass is 10.0. The summed E-state index contributed by atoms with van der Waals surface area (Å²) in [6, 6.07) is 7.99. The van der Waals surface area contributed by atoms with Crippen molar-refractivity contribution in [1.29, 1.82) is 0 Å². The minimum absolute atomic E-state index is 0.128. The first-order chi connectivity index (χ1) is 8.16. The first kappa shape index (κ1) is 12.6. The van der Waals surface area contributed by atoms with E-state index in [0.29, 0.717) is 0 Å². The third kappa shape index (κ3) is 3.83. The number of aliphatic hydroxyl groups is 1. The molecule has 2 nitrogen and oxygen atoms in total. The highest BCUT2D eigenvalue weighted by molar-refractivity contribution is 5.23. The summed E-state index contributed by atoms with van der Waals surface area (Å²) in [4.78, 5) is 0. The summed E-state index contributed by atoms with van der Waals surface area (Å²) >= 11 is 0. The van der Waals surface area contributed by atoms with E-state index in [1.165, 1.54) is 18.4 Å². The molecule has 0 spiro atoms. The van der Waals surface area contributed by atoms with Crippen LogP contribution in [0.2, 0.25) is 0 Å². The minimum Gasteiger partial charge on any atom is -0.386 e. The van der Waals surface area contributed by atoms with E-state index in [1.54, 1.807) is 0 Å². The zero-order valence-electron chi connectivity index (χ0n) is 10.7. The summed E-state index contributed by atoms with van der Waals surface area (Å²) in [6.45, 7) is 4.76. The Labute approximate surface area is 104 Å². The summed E-state index contributed by atoms with van der Waals surface area (Å²) < 4.78 is 5.69. The van der Waals surface area contributed by atoms with Crippen molar-refractivity contribution >= 4 is 0 Å². The molecule has 0 bridgehead atoms. The Balaban J connectivity index is 1.80. The first-order valence-electron chi connectivity index (χ1n) is 6.53. The van der Waals surface area contributed by atoms with E-state index in [2.05, 4.69) is 0 Å². The van der Waals surface area contributed by atoms with E-state index in [-0.39, 0.29) is 6.10 Å². The van der Waals surface area contributed by atoms with Gasteiger partial charge in [0.15, 0.2) is 0 Å². The average Bonchev–Trinajstić information content (AvgIpc) is 3.13. The van der Waals surface area contributed by atoms with Crippen LogP contribution in [-0.4, -0.2) is 17.8 Å². The molecule has 94 valence electrons. The van der Waals surface area contributed by atoms with E-state index < -0.39 is 6.10 Å². The molecule has 2 heteroatoms. The number of aryl methyl sites for hydroxylation is 1. The lowest BCUT2D eigenvalue weighted by Gasteiger charge is -2.20. The molecular weight excluding hydrogens is 212 g/mol. The highest BCUT2D eigenvalue weighted by atomic mass is 16.5. The molecule has 1 N–H and O–H groups in total. The molecule has 2 rings (SSSR count). The molecule has 0 aliphatic heterocycles. The second-order valence-electron chi connectivity index (χ2n) is 5.16. The molecule has 2 atom stereocenters. The maximum atomic E-state index is 10.1. The molecule has 0 saturated heterocycles. The predicted molar refractivity (Wildman–Crippen MR) is 68.9 cm³/mol. The largest absolute Gasteiger partial charge is 0.386 e. The summed E-state index contributed by atoms with van der Waals surface area (Å²) in [5.41, 5.74) is 2.15. The summed E-state index contributed by atoms with van der Waals surface area (Å²) in [6.07, 6.45) is 3.22. The fourth-order valence-corrected chi connectivity index (χ4v) is 1.95. The topological polar surface area (TPSA) is 29.5 Å². The summed E-state index contributed by atoms with van der Waals surface area (Å²) in [5, 5.41) is 10.1. The van der Waals surface area contributed by atoms with Crippen molar-refractivity contribution < 1.29 is 9.84 Å². The van der Waals surface area contributed by atoms with Gasteiger partial charge in [0.1, 0.15) is 6.10 Å². The number of ether oxygens (including phenoxy) is 1. The highest BCUT2D eigenvalue weighted by Gasteiger charge is 2.22. The quantitative estimate of drug-likeness (QED) is 0.819. The van der Waals surface area contributed by atoms with Crippen molar-refractivity contribution in [3.8, 4) is 0 Å². The van der Waals surface area contributed by atoms with Crippen LogP contribution in [0.1, 0.15) is 43.4 Å². The molecule has 1 aliphatic carbocycles. The van der Waals surface area contributed by atoms with Crippen LogP contribution < -0.4 is 0 Å². The molecule has 1 fully saturated rings. The van der Waals surface area contributed by atoms with Gasteiger partial charge in [-0.25, -0.2) is 0 Å². The van der Waals surface area contributed by atoms with Gasteiger partial charge >= 0.3 is 0 Å². The maximum absolute atomic E-state index is 10.1. The van der Waals surface area contributed by atoms with Crippen molar-refractivity contribution in [2.45, 2.75) is 45.3 Å². The molecule has 0 aromatic heterocycles. The van der Waals surface area contributed by atoms with Gasteiger partial charge in [-0.05, 0) is 31.7 Å². The molecule has 0 radical (unpaired) electrons. The van der Waals surface area contributed by atoms with Crippen LogP contribution in [0.4, 0.5) is 0 Å². The molecule has 0 amide bonds. The smallest absolute Gasteiger partial charge is 0.105 e. The Morgan fingerprint density at radius 3 is 2.53 bits per heavy atom. The first-order valence-corrected chi connectivity index (χ1v) is 6.53. The van der Waals surface area contributed by atoms with Crippen LogP contribution in [0.25, 0.3) is 0 Å². The number of hydrogen-bond acceptors (Lipinski definition) is 2. The van der Waals surface area contributed by atoms with E-state index in [1.807, 2.05) is 38.1 Å². The van der Waals surface area contributed by atoms with E-state index in [4.69, 9.17) is 4.74 Å². The third-order valence-electron chi connectivity index (χ3n) is 3.47. The number of aliphatic hydroxyl groups excluding tert-OH is 1. The van der Waals surface area contributed by atoms with Crippen molar-refractivity contribution in [2.75, 3.05) is 6.61 Å². The van der Waals surface area contributed by atoms with Gasteiger partial charge in [-0.3, -0.25) is 0 Å². The van der Waals surface area contributed by atoms with Gasteiger partial charge in [0.2, 0.25) is 0 Å². The van der Waals surface area contributed by atoms with E-state index >= 15 is 0 Å². The van der Waals surface area contributed by atoms with Crippen molar-refractivity contribution in [2.24, 2.45) is 5.92 Å². The molecule has 1 aromatic carbocycles. The van der Waals surface area contributed by atoms with Crippen LogP contribution in [0.15, 0.2) is 24.3 Å². The minimum atomic E-state index is -0.519. The normalized spacial score (nSPS) is 19.0. The fraction of sp³-hybridized carbons (Fsp3) is 0.600. The summed E-state index contributed by atoms with van der Waals surface area (Å²) in [5.74, 6) is 0.888. The predicted octanol–water partition coefficient (Wildman–Crippen LogP) is 3.23. The Bertz CT molecular complexity index is 340. The number of hydrogen-bond donors (Lipinski definition) is 1. The van der Waals surface area contributed by atoms with Crippen LogP contribution in [0.5, 0.6) is 0 Å². The lowest BCUT2D eigenvalue weighted by Crippen LogP contribution is -2.19. The summed E-state index contributed by atoms with van der Waals surface area (Å²) in [7, 11) is 0. The van der Waals surface area contributed by atoms with Gasteiger partial charge in [-0.1, -0.05) is 42.7 Å². The SMILES string of the molecule is Cc1ccc(C(O)C(C)OCCC2CC2)cc1. The molecular formula is C15H22O2. The average molecular weight is 234 g/mol. The van der Waals surface area contributed by atoms with Crippen LogP contribution in [0.3, 0.4) is 0 Å². The Hall–Kier alpha value is -0.860. The van der Waals surface area contributed by atoms with Gasteiger partial charge in [0, 0.05) is 6.61 Å². The van der Waals surface area contributed by atoms with Crippen molar-refractivity contribution in [1.82, 2.24) is 0 Å². The Morgan fingerprint density at radius 2 is 1.94 bits per heavy atom. The second-order valence-corrected chi connectivity index (χ2v) is 5.16. The zero-order chi connectivity index (χ0) is 12.3. The second kappa shape index (κ2) is 5.65. The van der Waals surface area contributed by atoms with Crippen LogP contribution in [0, 0.1) is 12.8 Å². The lowest BCUT2D eigenvalue weighted by molar-refractivity contribution is -0.0298. The molecule has 0 heterocycles. The van der Waals surface area contributed by atoms with Crippen molar-refractivity contribution in [3.05, 3.63) is 35.4 Å². The molecule has 1 aromatic rings. The van der Waals surface area contributed by atoms with Crippen molar-refractivity contribution in [3.63, 3.8) is 0 Å². The van der Waals surface area contributed by atoms with Gasteiger partial charge in [0.05, 0.1) is 6.10 Å². The molecule has 17 heavy (non-hydrogen) atoms. The monoisotopic (exact) mass is 234 g/mol. The highest BCUT2D eigenvalue weighted by Crippen LogP contribution is 2.32. The molecule has 2 unspecified atom stereocenters. The van der Waals surface area contributed by atoms with Gasteiger partial charge in [-0.15, -0.1) is 0 Å². The number of benzene rings is 1. The third-order valence-corrected chi connectivity index (χ3v) is 3.47. The fourth-order valence-electron chi connectivity index (χ4n) is 1.95. The van der Waals surface area contributed by atoms with Crippen LogP contribution >= 0.6 is 0 Å². The Kier molecular flexibility index (Phi) is 4.19. The van der Waals surface area contributed by atoms with Gasteiger partial charge in [-0.2, -0.15) is 0 Å². The van der Waals surface area contributed by atoms with Gasteiger partial charge < -0.3 is 9.84 Å². The van der Waals surface area contributed by atoms with Gasteiger partial charge in [0.25, 0.3) is 0 Å².